The Bertz CT molecular complexity index is 493. The third kappa shape index (κ3) is 3.43. The molecule has 1 aliphatic heterocycles. The second-order valence-electron chi connectivity index (χ2n) is 4.48. The molecule has 110 valence electrons. The van der Waals surface area contributed by atoms with Gasteiger partial charge in [-0.3, -0.25) is 4.79 Å². The van der Waals surface area contributed by atoms with Gasteiger partial charge in [0.2, 0.25) is 0 Å². The Morgan fingerprint density at radius 3 is 2.85 bits per heavy atom. The number of carbonyl (C=O) groups is 1. The Labute approximate surface area is 119 Å². The molecule has 1 fully saturated rings. The van der Waals surface area contributed by atoms with E-state index in [0.29, 0.717) is 19.7 Å². The van der Waals surface area contributed by atoms with Gasteiger partial charge in [-0.15, -0.1) is 11.6 Å². The van der Waals surface area contributed by atoms with E-state index in [1.807, 2.05) is 0 Å². The maximum Gasteiger partial charge on any atom is 0.416 e. The molecule has 1 saturated heterocycles. The summed E-state index contributed by atoms with van der Waals surface area (Å²) in [6.45, 7) is 0.975. The smallest absolute Gasteiger partial charge is 0.373 e. The van der Waals surface area contributed by atoms with Crippen LogP contribution < -0.4 is 0 Å². The fraction of sp³-hybridized carbons (Fsp3) is 0.462. The molecule has 0 radical (unpaired) electrons. The number of halogens is 4. The highest BCUT2D eigenvalue weighted by Gasteiger charge is 2.32. The highest BCUT2D eigenvalue weighted by Crippen LogP contribution is 2.29. The highest BCUT2D eigenvalue weighted by molar-refractivity contribution is 6.18. The van der Waals surface area contributed by atoms with Crippen molar-refractivity contribution < 1.29 is 22.7 Å². The van der Waals surface area contributed by atoms with E-state index in [-0.39, 0.29) is 17.5 Å². The minimum absolute atomic E-state index is 0.0232. The summed E-state index contributed by atoms with van der Waals surface area (Å²) in [6, 6.07) is 4.42. The Balaban J connectivity index is 2.17. The van der Waals surface area contributed by atoms with Crippen LogP contribution in [0.15, 0.2) is 24.3 Å². The second-order valence-corrected chi connectivity index (χ2v) is 4.79. The number of ether oxygens (including phenoxy) is 1. The van der Waals surface area contributed by atoms with Gasteiger partial charge in [-0.1, -0.05) is 6.07 Å². The van der Waals surface area contributed by atoms with Crippen LogP contribution in [0, 0.1) is 0 Å². The van der Waals surface area contributed by atoms with Crippen molar-refractivity contribution in [3.05, 3.63) is 35.4 Å². The zero-order valence-electron chi connectivity index (χ0n) is 10.5. The summed E-state index contributed by atoms with van der Waals surface area (Å²) in [5, 5.41) is 0. The van der Waals surface area contributed by atoms with Crippen molar-refractivity contribution in [3.8, 4) is 0 Å². The molecule has 3 nitrogen and oxygen atoms in total. The van der Waals surface area contributed by atoms with Crippen molar-refractivity contribution in [2.45, 2.75) is 12.3 Å². The fourth-order valence-electron chi connectivity index (χ4n) is 2.01. The van der Waals surface area contributed by atoms with Gasteiger partial charge in [0.1, 0.15) is 0 Å². The van der Waals surface area contributed by atoms with E-state index < -0.39 is 17.6 Å². The van der Waals surface area contributed by atoms with E-state index in [9.17, 15) is 18.0 Å². The van der Waals surface area contributed by atoms with E-state index in [1.165, 1.54) is 17.0 Å². The first kappa shape index (κ1) is 15.1. The number of amides is 1. The zero-order chi connectivity index (χ0) is 14.8. The van der Waals surface area contributed by atoms with Gasteiger partial charge in [-0.2, -0.15) is 13.2 Å². The van der Waals surface area contributed by atoms with Gasteiger partial charge in [0.05, 0.1) is 24.2 Å². The first-order valence-electron chi connectivity index (χ1n) is 6.06. The average Bonchev–Trinajstić information content (AvgIpc) is 2.46. The molecular formula is C13H13ClF3NO2. The van der Waals surface area contributed by atoms with Crippen molar-refractivity contribution in [1.82, 2.24) is 4.90 Å². The molecule has 0 aliphatic carbocycles. The lowest BCUT2D eigenvalue weighted by Gasteiger charge is -2.32. The summed E-state index contributed by atoms with van der Waals surface area (Å²) < 4.78 is 43.2. The summed E-state index contributed by atoms with van der Waals surface area (Å²) in [7, 11) is 0. The topological polar surface area (TPSA) is 29.5 Å². The van der Waals surface area contributed by atoms with E-state index >= 15 is 0 Å². The number of morpholine rings is 1. The molecule has 1 heterocycles. The summed E-state index contributed by atoms with van der Waals surface area (Å²) in [5.74, 6) is -0.193. The lowest BCUT2D eigenvalue weighted by Crippen LogP contribution is -2.46. The van der Waals surface area contributed by atoms with E-state index in [0.717, 1.165) is 12.1 Å². The van der Waals surface area contributed by atoms with Crippen LogP contribution in [-0.2, 0) is 10.9 Å². The molecule has 0 spiro atoms. The van der Waals surface area contributed by atoms with Crippen LogP contribution in [0.4, 0.5) is 13.2 Å². The van der Waals surface area contributed by atoms with E-state index in [2.05, 4.69) is 0 Å². The molecule has 0 saturated carbocycles. The number of hydrogen-bond donors (Lipinski definition) is 0. The summed E-state index contributed by atoms with van der Waals surface area (Å²) in [4.78, 5) is 13.7. The third-order valence-electron chi connectivity index (χ3n) is 3.03. The molecule has 7 heteroatoms. The predicted molar refractivity (Wildman–Crippen MR) is 67.8 cm³/mol. The van der Waals surface area contributed by atoms with Gasteiger partial charge in [0.25, 0.3) is 5.91 Å². The fourth-order valence-corrected chi connectivity index (χ4v) is 2.19. The Morgan fingerprint density at radius 1 is 1.45 bits per heavy atom. The number of benzene rings is 1. The van der Waals surface area contributed by atoms with Gasteiger partial charge in [0.15, 0.2) is 0 Å². The number of hydrogen-bond acceptors (Lipinski definition) is 2. The highest BCUT2D eigenvalue weighted by atomic mass is 35.5. The lowest BCUT2D eigenvalue weighted by atomic mass is 10.1. The van der Waals surface area contributed by atoms with Crippen molar-refractivity contribution in [1.29, 1.82) is 0 Å². The Morgan fingerprint density at radius 2 is 2.20 bits per heavy atom. The maximum atomic E-state index is 12.6. The minimum atomic E-state index is -4.46. The van der Waals surface area contributed by atoms with E-state index in [1.54, 1.807) is 0 Å². The molecule has 0 N–H and O–H groups in total. The number of nitrogens with zero attached hydrogens (tertiary/aromatic N) is 1. The summed E-state index contributed by atoms with van der Waals surface area (Å²) in [6.07, 6.45) is -4.74. The minimum Gasteiger partial charge on any atom is -0.373 e. The van der Waals surface area contributed by atoms with Gasteiger partial charge in [-0.25, -0.2) is 0 Å². The Hall–Kier alpha value is -1.27. The molecule has 0 bridgehead atoms. The van der Waals surface area contributed by atoms with Crippen LogP contribution in [-0.4, -0.2) is 42.5 Å². The number of carbonyl (C=O) groups excluding carboxylic acids is 1. The molecule has 1 unspecified atom stereocenters. The molecule has 1 aliphatic rings. The first-order valence-corrected chi connectivity index (χ1v) is 6.59. The first-order chi connectivity index (χ1) is 9.41. The van der Waals surface area contributed by atoms with Crippen LogP contribution in [0.3, 0.4) is 0 Å². The molecule has 1 atom stereocenters. The van der Waals surface area contributed by atoms with Crippen molar-refractivity contribution in [2.24, 2.45) is 0 Å². The van der Waals surface area contributed by atoms with Crippen LogP contribution in [0.5, 0.6) is 0 Å². The van der Waals surface area contributed by atoms with Crippen LogP contribution in [0.2, 0.25) is 0 Å². The van der Waals surface area contributed by atoms with Crippen molar-refractivity contribution in [3.63, 3.8) is 0 Å². The van der Waals surface area contributed by atoms with Gasteiger partial charge in [-0.05, 0) is 18.2 Å². The number of alkyl halides is 4. The lowest BCUT2D eigenvalue weighted by molar-refractivity contribution is -0.137. The molecule has 2 rings (SSSR count). The number of rotatable bonds is 2. The van der Waals surface area contributed by atoms with Gasteiger partial charge >= 0.3 is 6.18 Å². The second kappa shape index (κ2) is 6.01. The molecule has 1 aromatic carbocycles. The normalized spacial score (nSPS) is 20.0. The van der Waals surface area contributed by atoms with Gasteiger partial charge in [0, 0.05) is 18.7 Å². The molecular weight excluding hydrogens is 295 g/mol. The van der Waals surface area contributed by atoms with Crippen molar-refractivity contribution in [2.75, 3.05) is 25.6 Å². The molecule has 1 aromatic rings. The SMILES string of the molecule is O=C(c1cccc(C(F)(F)F)c1)N1CCOC(CCl)C1. The summed E-state index contributed by atoms with van der Waals surface area (Å²) in [5.41, 5.74) is -0.805. The van der Waals surface area contributed by atoms with Crippen LogP contribution >= 0.6 is 11.6 Å². The largest absolute Gasteiger partial charge is 0.416 e. The average molecular weight is 308 g/mol. The molecule has 1 amide bonds. The molecule has 20 heavy (non-hydrogen) atoms. The van der Waals surface area contributed by atoms with E-state index in [4.69, 9.17) is 16.3 Å². The standard InChI is InChI=1S/C13H13ClF3NO2/c14-7-11-8-18(4-5-20-11)12(19)9-2-1-3-10(6-9)13(15,16)17/h1-3,6,11H,4-5,7-8H2. The predicted octanol–water partition coefficient (Wildman–Crippen LogP) is 2.79. The Kier molecular flexibility index (Phi) is 4.55. The van der Waals surface area contributed by atoms with Crippen molar-refractivity contribution >= 4 is 17.5 Å². The monoisotopic (exact) mass is 307 g/mol. The quantitative estimate of drug-likeness (QED) is 0.786. The maximum absolute atomic E-state index is 12.6. The molecule has 0 aromatic heterocycles. The summed E-state index contributed by atoms with van der Waals surface area (Å²) >= 11 is 5.67. The zero-order valence-corrected chi connectivity index (χ0v) is 11.2. The third-order valence-corrected chi connectivity index (χ3v) is 3.38. The van der Waals surface area contributed by atoms with Gasteiger partial charge < -0.3 is 9.64 Å². The van der Waals surface area contributed by atoms with Crippen LogP contribution in [0.1, 0.15) is 15.9 Å². The van der Waals surface area contributed by atoms with Crippen LogP contribution in [0.25, 0.3) is 0 Å².